The van der Waals surface area contributed by atoms with Crippen molar-refractivity contribution in [3.8, 4) is 11.5 Å². The maximum absolute atomic E-state index is 9.58. The Labute approximate surface area is 81.7 Å². The third-order valence-electron chi connectivity index (χ3n) is 2.18. The summed E-state index contributed by atoms with van der Waals surface area (Å²) in [5.74, 6) is 0.157. The van der Waals surface area contributed by atoms with E-state index < -0.39 is 0 Å². The van der Waals surface area contributed by atoms with Crippen molar-refractivity contribution in [1.82, 2.24) is 0 Å². The van der Waals surface area contributed by atoms with E-state index in [1.54, 1.807) is 12.1 Å². The summed E-state index contributed by atoms with van der Waals surface area (Å²) in [6.45, 7) is 3.65. The first-order chi connectivity index (χ1) is 6.70. The molecule has 0 radical (unpaired) electrons. The highest BCUT2D eigenvalue weighted by Crippen LogP contribution is 2.30. The largest absolute Gasteiger partial charge is 0.508 e. The third kappa shape index (κ3) is 1.31. The van der Waals surface area contributed by atoms with E-state index in [9.17, 15) is 10.2 Å². The standard InChI is InChI=1S/C12H10O2/c1-2-8-3-4-9-6-10(13)7-12(14)11(9)5-8/h2-7,13-14H,1H2. The maximum atomic E-state index is 9.58. The van der Waals surface area contributed by atoms with Gasteiger partial charge in [-0.05, 0) is 23.1 Å². The van der Waals surface area contributed by atoms with Crippen LogP contribution >= 0.6 is 0 Å². The van der Waals surface area contributed by atoms with Crippen LogP contribution in [0.3, 0.4) is 0 Å². The van der Waals surface area contributed by atoms with Gasteiger partial charge in [-0.25, -0.2) is 0 Å². The van der Waals surface area contributed by atoms with Gasteiger partial charge in [0.15, 0.2) is 0 Å². The van der Waals surface area contributed by atoms with E-state index >= 15 is 0 Å². The van der Waals surface area contributed by atoms with E-state index in [2.05, 4.69) is 6.58 Å². The van der Waals surface area contributed by atoms with Gasteiger partial charge in [0.25, 0.3) is 0 Å². The molecule has 0 spiro atoms. The third-order valence-corrected chi connectivity index (χ3v) is 2.18. The lowest BCUT2D eigenvalue weighted by atomic mass is 10.1. The first-order valence-corrected chi connectivity index (χ1v) is 4.29. The number of phenolic OH excluding ortho intramolecular Hbond substituents is 2. The summed E-state index contributed by atoms with van der Waals surface area (Å²) in [5, 5.41) is 20.4. The topological polar surface area (TPSA) is 40.5 Å². The minimum atomic E-state index is 0.0707. The summed E-state index contributed by atoms with van der Waals surface area (Å²) >= 11 is 0. The molecule has 0 heterocycles. The van der Waals surface area contributed by atoms with E-state index in [0.717, 1.165) is 16.3 Å². The van der Waals surface area contributed by atoms with Crippen LogP contribution in [-0.4, -0.2) is 10.2 Å². The molecule has 0 amide bonds. The van der Waals surface area contributed by atoms with Crippen LogP contribution < -0.4 is 0 Å². The summed E-state index contributed by atoms with van der Waals surface area (Å²) < 4.78 is 0. The van der Waals surface area contributed by atoms with Crippen LogP contribution in [0.4, 0.5) is 0 Å². The van der Waals surface area contributed by atoms with Crippen molar-refractivity contribution >= 4 is 16.8 Å². The first-order valence-electron chi connectivity index (χ1n) is 4.29. The molecule has 2 rings (SSSR count). The highest BCUT2D eigenvalue weighted by molar-refractivity contribution is 5.91. The summed E-state index contributed by atoms with van der Waals surface area (Å²) in [5.41, 5.74) is 0.943. The number of phenols is 2. The Hall–Kier alpha value is -1.96. The lowest BCUT2D eigenvalue weighted by Gasteiger charge is -2.03. The fourth-order valence-electron chi connectivity index (χ4n) is 1.47. The molecule has 2 N–H and O–H groups in total. The van der Waals surface area contributed by atoms with E-state index in [1.165, 1.54) is 6.07 Å². The molecule has 2 heteroatoms. The van der Waals surface area contributed by atoms with Crippen molar-refractivity contribution in [3.63, 3.8) is 0 Å². The van der Waals surface area contributed by atoms with Gasteiger partial charge in [-0.1, -0.05) is 24.8 Å². The van der Waals surface area contributed by atoms with Crippen LogP contribution in [-0.2, 0) is 0 Å². The maximum Gasteiger partial charge on any atom is 0.127 e. The molecule has 0 atom stereocenters. The quantitative estimate of drug-likeness (QED) is 0.718. The van der Waals surface area contributed by atoms with Crippen molar-refractivity contribution in [2.45, 2.75) is 0 Å². The summed E-state index contributed by atoms with van der Waals surface area (Å²) in [7, 11) is 0. The second kappa shape index (κ2) is 3.07. The van der Waals surface area contributed by atoms with Crippen LogP contribution in [0.25, 0.3) is 16.8 Å². The van der Waals surface area contributed by atoms with Crippen molar-refractivity contribution in [2.75, 3.05) is 0 Å². The molecule has 0 aliphatic carbocycles. The molecule has 2 nitrogen and oxygen atoms in total. The SMILES string of the molecule is C=Cc1ccc2cc(O)cc(O)c2c1. The smallest absolute Gasteiger partial charge is 0.127 e. The first kappa shape index (κ1) is 8.63. The Morgan fingerprint density at radius 2 is 1.86 bits per heavy atom. The highest BCUT2D eigenvalue weighted by Gasteiger charge is 2.02. The van der Waals surface area contributed by atoms with Crippen molar-refractivity contribution < 1.29 is 10.2 Å². The molecule has 0 unspecified atom stereocenters. The zero-order valence-electron chi connectivity index (χ0n) is 7.57. The molecule has 70 valence electrons. The zero-order valence-corrected chi connectivity index (χ0v) is 7.57. The van der Waals surface area contributed by atoms with Crippen LogP contribution in [0.5, 0.6) is 11.5 Å². The van der Waals surface area contributed by atoms with Crippen LogP contribution in [0, 0.1) is 0 Å². The molecule has 14 heavy (non-hydrogen) atoms. The summed E-state index contributed by atoms with van der Waals surface area (Å²) in [6.07, 6.45) is 1.71. The Kier molecular flexibility index (Phi) is 1.89. The van der Waals surface area contributed by atoms with Gasteiger partial charge >= 0.3 is 0 Å². The molecule has 0 saturated carbocycles. The van der Waals surface area contributed by atoms with Gasteiger partial charge in [-0.15, -0.1) is 0 Å². The lowest BCUT2D eigenvalue weighted by molar-refractivity contribution is 0.455. The molecule has 2 aromatic carbocycles. The van der Waals surface area contributed by atoms with E-state index in [4.69, 9.17) is 0 Å². The molecule has 0 saturated heterocycles. The van der Waals surface area contributed by atoms with Crippen molar-refractivity contribution in [3.05, 3.63) is 42.5 Å². The highest BCUT2D eigenvalue weighted by atomic mass is 16.3. The molecule has 0 aliphatic rings. The van der Waals surface area contributed by atoms with Gasteiger partial charge in [0.05, 0.1) is 0 Å². The molecule has 0 aliphatic heterocycles. The predicted octanol–water partition coefficient (Wildman–Crippen LogP) is 2.89. The van der Waals surface area contributed by atoms with Gasteiger partial charge in [0.2, 0.25) is 0 Å². The zero-order chi connectivity index (χ0) is 10.1. The van der Waals surface area contributed by atoms with Gasteiger partial charge in [0.1, 0.15) is 11.5 Å². The number of benzene rings is 2. The molecule has 0 aromatic heterocycles. The van der Waals surface area contributed by atoms with Crippen LogP contribution in [0.2, 0.25) is 0 Å². The monoisotopic (exact) mass is 186 g/mol. The number of fused-ring (bicyclic) bond motifs is 1. The summed E-state index contributed by atoms with van der Waals surface area (Å²) in [4.78, 5) is 0. The van der Waals surface area contributed by atoms with Gasteiger partial charge < -0.3 is 10.2 Å². The normalized spacial score (nSPS) is 10.3. The Balaban J connectivity index is 2.81. The average Bonchev–Trinajstić information content (AvgIpc) is 2.17. The second-order valence-electron chi connectivity index (χ2n) is 3.15. The van der Waals surface area contributed by atoms with E-state index in [0.29, 0.717) is 0 Å². The second-order valence-corrected chi connectivity index (χ2v) is 3.15. The molecule has 0 fully saturated rings. The fourth-order valence-corrected chi connectivity index (χ4v) is 1.47. The van der Waals surface area contributed by atoms with Crippen LogP contribution in [0.1, 0.15) is 5.56 Å². The Bertz CT molecular complexity index is 501. The molecule has 2 aromatic rings. The van der Waals surface area contributed by atoms with Crippen molar-refractivity contribution in [1.29, 1.82) is 0 Å². The van der Waals surface area contributed by atoms with Gasteiger partial charge in [0, 0.05) is 11.5 Å². The minimum absolute atomic E-state index is 0.0707. The lowest BCUT2D eigenvalue weighted by Crippen LogP contribution is -1.77. The number of rotatable bonds is 1. The number of hydrogen-bond donors (Lipinski definition) is 2. The summed E-state index contributed by atoms with van der Waals surface area (Å²) in [6, 6.07) is 8.49. The predicted molar refractivity (Wildman–Crippen MR) is 57.4 cm³/mol. The Morgan fingerprint density at radius 3 is 2.57 bits per heavy atom. The minimum Gasteiger partial charge on any atom is -0.508 e. The molecular weight excluding hydrogens is 176 g/mol. The van der Waals surface area contributed by atoms with Crippen molar-refractivity contribution in [2.24, 2.45) is 0 Å². The van der Waals surface area contributed by atoms with E-state index in [-0.39, 0.29) is 11.5 Å². The Morgan fingerprint density at radius 1 is 1.07 bits per heavy atom. The van der Waals surface area contributed by atoms with Crippen LogP contribution in [0.15, 0.2) is 36.9 Å². The fraction of sp³-hybridized carbons (Fsp3) is 0. The molecular formula is C12H10O2. The average molecular weight is 186 g/mol. The number of hydrogen-bond acceptors (Lipinski definition) is 2. The van der Waals surface area contributed by atoms with Gasteiger partial charge in [-0.2, -0.15) is 0 Å². The van der Waals surface area contributed by atoms with E-state index in [1.807, 2.05) is 18.2 Å². The number of aromatic hydroxyl groups is 2. The van der Waals surface area contributed by atoms with Gasteiger partial charge in [-0.3, -0.25) is 0 Å². The molecule has 0 bridgehead atoms.